The third-order valence-electron chi connectivity index (χ3n) is 6.84. The van der Waals surface area contributed by atoms with Crippen molar-refractivity contribution in [3.63, 3.8) is 0 Å². The Labute approximate surface area is 201 Å². The fraction of sp³-hybridized carbons (Fsp3) is 0.214. The maximum Gasteiger partial charge on any atom is 0.335 e. The minimum Gasteiger partial charge on any atom is -0.507 e. The second-order valence-electron chi connectivity index (χ2n) is 8.91. The van der Waals surface area contributed by atoms with Crippen LogP contribution >= 0.6 is 0 Å². The van der Waals surface area contributed by atoms with Gasteiger partial charge in [-0.15, -0.1) is 0 Å². The molecule has 4 aromatic rings. The molecule has 1 aliphatic heterocycles. The van der Waals surface area contributed by atoms with Gasteiger partial charge in [0.05, 0.1) is 11.1 Å². The lowest BCUT2D eigenvalue weighted by molar-refractivity contribution is -0.129. The van der Waals surface area contributed by atoms with Gasteiger partial charge in [0.25, 0.3) is 0 Å². The normalized spacial score (nSPS) is 14.4. The van der Waals surface area contributed by atoms with E-state index >= 15 is 0 Å². The lowest BCUT2D eigenvalue weighted by Crippen LogP contribution is -2.36. The first kappa shape index (κ1) is 22.7. The van der Waals surface area contributed by atoms with Gasteiger partial charge in [-0.2, -0.15) is 0 Å². The topological polar surface area (TPSA) is 82.8 Å². The molecule has 3 aromatic carbocycles. The molecular formula is C28H25FN2O4. The van der Waals surface area contributed by atoms with Crippen molar-refractivity contribution in [3.05, 3.63) is 83.8 Å². The highest BCUT2D eigenvalue weighted by Gasteiger charge is 2.31. The third-order valence-corrected chi connectivity index (χ3v) is 6.84. The van der Waals surface area contributed by atoms with Gasteiger partial charge >= 0.3 is 5.97 Å². The average molecular weight is 473 g/mol. The van der Waals surface area contributed by atoms with Crippen LogP contribution in [0.4, 0.5) is 4.39 Å². The SMILES string of the molecule is CC(=O)N1CCC(c2c(-c3ccc(C(=O)O)cc3)c3c(O)cccc3n2-c2ccc(F)cc2)CC1. The minimum atomic E-state index is -1.01. The van der Waals surface area contributed by atoms with Crippen LogP contribution in [0.1, 0.15) is 41.7 Å². The number of carbonyl (C=O) groups excluding carboxylic acids is 1. The van der Waals surface area contributed by atoms with E-state index in [9.17, 15) is 24.2 Å². The van der Waals surface area contributed by atoms with Crippen molar-refractivity contribution in [3.8, 4) is 22.6 Å². The summed E-state index contributed by atoms with van der Waals surface area (Å²) in [6.45, 7) is 2.81. The quantitative estimate of drug-likeness (QED) is 0.407. The molecule has 0 bridgehead atoms. The van der Waals surface area contributed by atoms with E-state index in [0.717, 1.165) is 40.9 Å². The van der Waals surface area contributed by atoms with E-state index in [4.69, 9.17) is 0 Å². The van der Waals surface area contributed by atoms with Gasteiger partial charge in [0.1, 0.15) is 11.6 Å². The number of rotatable bonds is 4. The number of carboxylic acid groups (broad SMARTS) is 1. The van der Waals surface area contributed by atoms with E-state index < -0.39 is 5.97 Å². The van der Waals surface area contributed by atoms with E-state index in [0.29, 0.717) is 18.5 Å². The van der Waals surface area contributed by atoms with Crippen molar-refractivity contribution in [2.45, 2.75) is 25.7 Å². The van der Waals surface area contributed by atoms with Crippen LogP contribution in [0.25, 0.3) is 27.7 Å². The molecule has 7 heteroatoms. The van der Waals surface area contributed by atoms with E-state index in [1.165, 1.54) is 12.1 Å². The Morgan fingerprint density at radius 2 is 1.60 bits per heavy atom. The van der Waals surface area contributed by atoms with Crippen molar-refractivity contribution in [2.75, 3.05) is 13.1 Å². The lowest BCUT2D eigenvalue weighted by atomic mass is 9.88. The number of aromatic carboxylic acids is 1. The van der Waals surface area contributed by atoms with Crippen molar-refractivity contribution < 1.29 is 24.2 Å². The predicted molar refractivity (Wildman–Crippen MR) is 132 cm³/mol. The predicted octanol–water partition coefficient (Wildman–Crippen LogP) is 5.57. The molecule has 2 heterocycles. The fourth-order valence-electron chi connectivity index (χ4n) is 5.13. The zero-order valence-corrected chi connectivity index (χ0v) is 19.2. The van der Waals surface area contributed by atoms with Crippen molar-refractivity contribution in [1.82, 2.24) is 9.47 Å². The number of amides is 1. The monoisotopic (exact) mass is 472 g/mol. The highest BCUT2D eigenvalue weighted by Crippen LogP contribution is 2.46. The van der Waals surface area contributed by atoms with Crippen LogP contribution in [-0.4, -0.2) is 44.6 Å². The Morgan fingerprint density at radius 3 is 2.20 bits per heavy atom. The number of halogens is 1. The number of phenols is 1. The maximum atomic E-state index is 13.8. The van der Waals surface area contributed by atoms with Gasteiger partial charge in [-0.25, -0.2) is 9.18 Å². The zero-order chi connectivity index (χ0) is 24.7. The number of hydrogen-bond donors (Lipinski definition) is 2. The van der Waals surface area contributed by atoms with Crippen LogP contribution in [0.2, 0.25) is 0 Å². The standard InChI is InChI=1S/C28H25FN2O4/c1-17(32)30-15-13-19(14-16-30)27-25(18-5-7-20(8-6-18)28(34)35)26-23(3-2-4-24(26)33)31(27)22-11-9-21(29)10-12-22/h2-12,19,33H,13-16H2,1H3,(H,34,35). The summed E-state index contributed by atoms with van der Waals surface area (Å²) in [5.41, 5.74) is 4.28. The Bertz CT molecular complexity index is 1420. The molecule has 178 valence electrons. The largest absolute Gasteiger partial charge is 0.507 e. The molecule has 5 rings (SSSR count). The molecule has 1 aromatic heterocycles. The van der Waals surface area contributed by atoms with Crippen LogP contribution in [0, 0.1) is 5.82 Å². The average Bonchev–Trinajstić information content (AvgIpc) is 3.21. The number of likely N-dealkylation sites (tertiary alicyclic amines) is 1. The molecule has 0 spiro atoms. The maximum absolute atomic E-state index is 13.8. The second-order valence-corrected chi connectivity index (χ2v) is 8.91. The van der Waals surface area contributed by atoms with Crippen LogP contribution in [0.15, 0.2) is 66.7 Å². The summed E-state index contributed by atoms with van der Waals surface area (Å²) < 4.78 is 15.9. The number of fused-ring (bicyclic) bond motifs is 1. The molecule has 0 atom stereocenters. The molecular weight excluding hydrogens is 447 g/mol. The van der Waals surface area contributed by atoms with Gasteiger partial charge in [0, 0.05) is 48.3 Å². The summed E-state index contributed by atoms with van der Waals surface area (Å²) in [7, 11) is 0. The first-order valence-electron chi connectivity index (χ1n) is 11.6. The van der Waals surface area contributed by atoms with E-state index in [1.54, 1.807) is 55.5 Å². The fourth-order valence-corrected chi connectivity index (χ4v) is 5.13. The highest BCUT2D eigenvalue weighted by atomic mass is 19.1. The van der Waals surface area contributed by atoms with Gasteiger partial charge < -0.3 is 19.7 Å². The summed E-state index contributed by atoms with van der Waals surface area (Å²) in [5.74, 6) is -1.12. The van der Waals surface area contributed by atoms with Crippen molar-refractivity contribution in [1.29, 1.82) is 0 Å². The molecule has 1 amide bonds. The number of piperidine rings is 1. The van der Waals surface area contributed by atoms with Gasteiger partial charge in [-0.3, -0.25) is 4.79 Å². The van der Waals surface area contributed by atoms with Crippen LogP contribution in [0.3, 0.4) is 0 Å². The number of carbonyl (C=O) groups is 2. The molecule has 0 saturated carbocycles. The van der Waals surface area contributed by atoms with E-state index in [2.05, 4.69) is 4.57 Å². The smallest absolute Gasteiger partial charge is 0.335 e. The van der Waals surface area contributed by atoms with Gasteiger partial charge in [-0.1, -0.05) is 18.2 Å². The third kappa shape index (κ3) is 4.03. The van der Waals surface area contributed by atoms with Crippen molar-refractivity contribution in [2.24, 2.45) is 0 Å². The molecule has 6 nitrogen and oxygen atoms in total. The molecule has 0 unspecified atom stereocenters. The molecule has 1 aliphatic rings. The summed E-state index contributed by atoms with van der Waals surface area (Å²) in [6, 6.07) is 18.2. The number of carboxylic acids is 1. The molecule has 1 fully saturated rings. The number of benzene rings is 3. The lowest BCUT2D eigenvalue weighted by Gasteiger charge is -2.32. The van der Waals surface area contributed by atoms with Crippen LogP contribution in [-0.2, 0) is 4.79 Å². The summed E-state index contributed by atoms with van der Waals surface area (Å²) >= 11 is 0. The number of hydrogen-bond acceptors (Lipinski definition) is 3. The highest BCUT2D eigenvalue weighted by molar-refractivity contribution is 6.03. The zero-order valence-electron chi connectivity index (χ0n) is 19.2. The first-order valence-corrected chi connectivity index (χ1v) is 11.6. The Balaban J connectivity index is 1.78. The molecule has 1 saturated heterocycles. The number of nitrogens with zero attached hydrogens (tertiary/aromatic N) is 2. The van der Waals surface area contributed by atoms with Crippen LogP contribution < -0.4 is 0 Å². The van der Waals surface area contributed by atoms with Crippen molar-refractivity contribution >= 4 is 22.8 Å². The Kier molecular flexibility index (Phi) is 5.76. The summed E-state index contributed by atoms with van der Waals surface area (Å²) in [6.07, 6.45) is 1.47. The summed E-state index contributed by atoms with van der Waals surface area (Å²) in [4.78, 5) is 25.2. The Morgan fingerprint density at radius 1 is 0.943 bits per heavy atom. The van der Waals surface area contributed by atoms with Gasteiger partial charge in [0.15, 0.2) is 0 Å². The minimum absolute atomic E-state index is 0.0460. The Hall–Kier alpha value is -4.13. The number of aromatic nitrogens is 1. The summed E-state index contributed by atoms with van der Waals surface area (Å²) in [5, 5.41) is 21.0. The van der Waals surface area contributed by atoms with Gasteiger partial charge in [-0.05, 0) is 66.9 Å². The van der Waals surface area contributed by atoms with Crippen LogP contribution in [0.5, 0.6) is 5.75 Å². The van der Waals surface area contributed by atoms with E-state index in [-0.39, 0.29) is 29.0 Å². The molecule has 2 N–H and O–H groups in total. The van der Waals surface area contributed by atoms with E-state index in [1.807, 2.05) is 11.0 Å². The first-order chi connectivity index (χ1) is 16.8. The molecule has 0 radical (unpaired) electrons. The number of aromatic hydroxyl groups is 1. The van der Waals surface area contributed by atoms with Gasteiger partial charge in [0.2, 0.25) is 5.91 Å². The second kappa shape index (κ2) is 8.91. The molecule has 35 heavy (non-hydrogen) atoms. The number of phenolic OH excluding ortho intramolecular Hbond substituents is 1. The molecule has 0 aliphatic carbocycles.